The predicted octanol–water partition coefficient (Wildman–Crippen LogP) is 3.35. The summed E-state index contributed by atoms with van der Waals surface area (Å²) in [5.41, 5.74) is -0.0154. The monoisotopic (exact) mass is 507 g/mol. The van der Waals surface area contributed by atoms with E-state index in [2.05, 4.69) is 22.3 Å². The standard InChI is InChI=1S/C26H41N3O7/c1-8-9-10-11-15-29(24(33)18(3)28-25(34)36-26(4,5)6)21(23(32)27-16-20(30)35-7)19-14-12-13-17(2)22(19)31/h12-14,18,21,31H,8-11,15-16H2,1-7H3,(H,27,32)(H,28,34). The average molecular weight is 508 g/mol. The molecule has 0 aliphatic heterocycles. The van der Waals surface area contributed by atoms with Crippen LogP contribution in [-0.4, -0.2) is 65.7 Å². The maximum absolute atomic E-state index is 13.6. The van der Waals surface area contributed by atoms with Gasteiger partial charge in [0.15, 0.2) is 0 Å². The van der Waals surface area contributed by atoms with Crippen molar-refractivity contribution in [1.82, 2.24) is 15.5 Å². The molecule has 0 radical (unpaired) electrons. The van der Waals surface area contributed by atoms with Gasteiger partial charge in [0.05, 0.1) is 7.11 Å². The highest BCUT2D eigenvalue weighted by atomic mass is 16.6. The molecule has 0 bridgehead atoms. The summed E-state index contributed by atoms with van der Waals surface area (Å²) in [7, 11) is 1.20. The maximum atomic E-state index is 13.6. The third-order valence-electron chi connectivity index (χ3n) is 5.40. The van der Waals surface area contributed by atoms with Gasteiger partial charge < -0.3 is 30.1 Å². The lowest BCUT2D eigenvalue weighted by Crippen LogP contribution is -2.52. The van der Waals surface area contributed by atoms with Gasteiger partial charge in [0, 0.05) is 12.1 Å². The summed E-state index contributed by atoms with van der Waals surface area (Å²) >= 11 is 0. The number of phenolic OH excluding ortho intramolecular Hbond substituents is 1. The van der Waals surface area contributed by atoms with E-state index in [-0.39, 0.29) is 17.9 Å². The van der Waals surface area contributed by atoms with Crippen molar-refractivity contribution in [2.45, 2.75) is 84.9 Å². The number of alkyl carbamates (subject to hydrolysis) is 1. The first-order valence-corrected chi connectivity index (χ1v) is 12.2. The summed E-state index contributed by atoms with van der Waals surface area (Å²) < 4.78 is 9.87. The molecule has 202 valence electrons. The Hall–Kier alpha value is -3.30. The SMILES string of the molecule is CCCCCCN(C(=O)C(C)NC(=O)OC(C)(C)C)C(C(=O)NCC(=O)OC)c1cccc(C)c1O. The van der Waals surface area contributed by atoms with Crippen molar-refractivity contribution in [2.24, 2.45) is 0 Å². The first kappa shape index (κ1) is 30.7. The van der Waals surface area contributed by atoms with Crippen molar-refractivity contribution in [3.63, 3.8) is 0 Å². The molecular weight excluding hydrogens is 466 g/mol. The summed E-state index contributed by atoms with van der Waals surface area (Å²) in [5.74, 6) is -1.97. The van der Waals surface area contributed by atoms with Gasteiger partial charge in [-0.05, 0) is 46.6 Å². The van der Waals surface area contributed by atoms with Gasteiger partial charge in [0.1, 0.15) is 30.0 Å². The summed E-state index contributed by atoms with van der Waals surface area (Å²) in [6.07, 6.45) is 2.59. The van der Waals surface area contributed by atoms with E-state index in [1.165, 1.54) is 18.9 Å². The highest BCUT2D eigenvalue weighted by molar-refractivity contribution is 5.93. The number of aryl methyl sites for hydroxylation is 1. The third kappa shape index (κ3) is 9.75. The van der Waals surface area contributed by atoms with Gasteiger partial charge in [-0.1, -0.05) is 44.4 Å². The zero-order valence-corrected chi connectivity index (χ0v) is 22.5. The van der Waals surface area contributed by atoms with E-state index in [1.807, 2.05) is 0 Å². The number of benzene rings is 1. The Kier molecular flexibility index (Phi) is 12.2. The van der Waals surface area contributed by atoms with Crippen LogP contribution in [0.2, 0.25) is 0 Å². The minimum absolute atomic E-state index is 0.130. The van der Waals surface area contributed by atoms with Crippen molar-refractivity contribution < 1.29 is 33.8 Å². The fourth-order valence-corrected chi connectivity index (χ4v) is 3.55. The first-order chi connectivity index (χ1) is 16.8. The number of nitrogens with one attached hydrogen (secondary N) is 2. The predicted molar refractivity (Wildman–Crippen MR) is 135 cm³/mol. The molecule has 1 rings (SSSR count). The molecule has 0 aromatic heterocycles. The molecule has 10 heteroatoms. The molecule has 0 saturated heterocycles. The third-order valence-corrected chi connectivity index (χ3v) is 5.40. The van der Waals surface area contributed by atoms with E-state index >= 15 is 0 Å². The van der Waals surface area contributed by atoms with Gasteiger partial charge in [0.2, 0.25) is 11.8 Å². The first-order valence-electron chi connectivity index (χ1n) is 12.2. The summed E-state index contributed by atoms with van der Waals surface area (Å²) in [6.45, 7) is 10.2. The molecule has 0 aliphatic carbocycles. The molecular formula is C26H41N3O7. The molecule has 2 atom stereocenters. The summed E-state index contributed by atoms with van der Waals surface area (Å²) in [5, 5.41) is 15.8. The number of phenols is 1. The fourth-order valence-electron chi connectivity index (χ4n) is 3.55. The van der Waals surface area contributed by atoms with Crippen LogP contribution in [0, 0.1) is 6.92 Å². The van der Waals surface area contributed by atoms with Crippen LogP contribution in [-0.2, 0) is 23.9 Å². The highest BCUT2D eigenvalue weighted by Crippen LogP contribution is 2.32. The molecule has 0 spiro atoms. The molecule has 3 N–H and O–H groups in total. The molecule has 2 unspecified atom stereocenters. The Morgan fingerprint density at radius 2 is 1.78 bits per heavy atom. The second kappa shape index (κ2) is 14.3. The van der Waals surface area contributed by atoms with E-state index in [0.29, 0.717) is 12.0 Å². The van der Waals surface area contributed by atoms with Crippen molar-refractivity contribution >= 4 is 23.9 Å². The molecule has 36 heavy (non-hydrogen) atoms. The van der Waals surface area contributed by atoms with Crippen molar-refractivity contribution in [2.75, 3.05) is 20.2 Å². The number of aromatic hydroxyl groups is 1. The molecule has 0 heterocycles. The number of ether oxygens (including phenoxy) is 2. The smallest absolute Gasteiger partial charge is 0.408 e. The number of hydrogen-bond donors (Lipinski definition) is 3. The Balaban J connectivity index is 3.39. The summed E-state index contributed by atoms with van der Waals surface area (Å²) in [6, 6.07) is 2.65. The van der Waals surface area contributed by atoms with Gasteiger partial charge in [-0.15, -0.1) is 0 Å². The van der Waals surface area contributed by atoms with E-state index in [1.54, 1.807) is 45.9 Å². The van der Waals surface area contributed by atoms with Crippen LogP contribution >= 0.6 is 0 Å². The number of unbranched alkanes of at least 4 members (excludes halogenated alkanes) is 3. The van der Waals surface area contributed by atoms with E-state index in [0.717, 1.165) is 19.3 Å². The van der Waals surface area contributed by atoms with Crippen LogP contribution in [0.15, 0.2) is 18.2 Å². The van der Waals surface area contributed by atoms with E-state index in [9.17, 15) is 24.3 Å². The van der Waals surface area contributed by atoms with E-state index < -0.39 is 48.1 Å². The normalized spacial score (nSPS) is 12.8. The number of nitrogens with zero attached hydrogens (tertiary/aromatic N) is 1. The van der Waals surface area contributed by atoms with Crippen molar-refractivity contribution in [3.05, 3.63) is 29.3 Å². The zero-order valence-electron chi connectivity index (χ0n) is 22.5. The van der Waals surface area contributed by atoms with Crippen LogP contribution in [0.3, 0.4) is 0 Å². The minimum Gasteiger partial charge on any atom is -0.507 e. The van der Waals surface area contributed by atoms with Crippen molar-refractivity contribution in [1.29, 1.82) is 0 Å². The molecule has 0 fully saturated rings. The Labute approximate surface area is 213 Å². The number of para-hydroxylation sites is 1. The number of esters is 1. The second-order valence-corrected chi connectivity index (χ2v) is 9.67. The van der Waals surface area contributed by atoms with Gasteiger partial charge in [-0.3, -0.25) is 14.4 Å². The lowest BCUT2D eigenvalue weighted by molar-refractivity contribution is -0.144. The van der Waals surface area contributed by atoms with Gasteiger partial charge in [0.25, 0.3) is 0 Å². The average Bonchev–Trinajstić information content (AvgIpc) is 2.79. The number of methoxy groups -OCH3 is 1. The van der Waals surface area contributed by atoms with Crippen LogP contribution < -0.4 is 10.6 Å². The summed E-state index contributed by atoms with van der Waals surface area (Å²) in [4.78, 5) is 52.3. The number of carbonyl (C=O) groups is 4. The van der Waals surface area contributed by atoms with Gasteiger partial charge in [-0.2, -0.15) is 0 Å². The second-order valence-electron chi connectivity index (χ2n) is 9.67. The molecule has 0 aliphatic rings. The highest BCUT2D eigenvalue weighted by Gasteiger charge is 2.36. The number of carbonyl (C=O) groups excluding carboxylic acids is 4. The zero-order chi connectivity index (χ0) is 27.5. The molecule has 3 amide bonds. The number of rotatable bonds is 12. The largest absolute Gasteiger partial charge is 0.507 e. The lowest BCUT2D eigenvalue weighted by Gasteiger charge is -2.34. The quantitative estimate of drug-likeness (QED) is 0.292. The lowest BCUT2D eigenvalue weighted by atomic mass is 9.99. The molecule has 0 saturated carbocycles. The number of amides is 3. The Morgan fingerprint density at radius 3 is 2.36 bits per heavy atom. The molecule has 1 aromatic rings. The maximum Gasteiger partial charge on any atom is 0.408 e. The van der Waals surface area contributed by atoms with Crippen LogP contribution in [0.4, 0.5) is 4.79 Å². The van der Waals surface area contributed by atoms with Crippen LogP contribution in [0.25, 0.3) is 0 Å². The minimum atomic E-state index is -1.24. The van der Waals surface area contributed by atoms with Gasteiger partial charge >= 0.3 is 12.1 Å². The van der Waals surface area contributed by atoms with E-state index in [4.69, 9.17) is 4.74 Å². The van der Waals surface area contributed by atoms with Crippen LogP contribution in [0.5, 0.6) is 5.75 Å². The van der Waals surface area contributed by atoms with Gasteiger partial charge in [-0.25, -0.2) is 4.79 Å². The Morgan fingerprint density at radius 1 is 1.11 bits per heavy atom. The van der Waals surface area contributed by atoms with Crippen LogP contribution in [0.1, 0.15) is 77.5 Å². The molecule has 10 nitrogen and oxygen atoms in total. The number of hydrogen-bond acceptors (Lipinski definition) is 7. The fraction of sp³-hybridized carbons (Fsp3) is 0.615. The Bertz CT molecular complexity index is 911. The molecule has 1 aromatic carbocycles. The topological polar surface area (TPSA) is 134 Å². The van der Waals surface area contributed by atoms with Crippen molar-refractivity contribution in [3.8, 4) is 5.75 Å².